The summed E-state index contributed by atoms with van der Waals surface area (Å²) in [4.78, 5) is 12.7. The SMILES string of the molecule is C=CCC(O)c1c2c(nn1CC=C)CC(C)N(C(=O)O)C2. The Balaban J connectivity index is 2.46. The first-order valence-electron chi connectivity index (χ1n) is 6.97. The molecule has 21 heavy (non-hydrogen) atoms. The topological polar surface area (TPSA) is 78.6 Å². The Labute approximate surface area is 124 Å². The lowest BCUT2D eigenvalue weighted by molar-refractivity contribution is 0.117. The van der Waals surface area contributed by atoms with Crippen molar-refractivity contribution in [2.45, 2.75) is 45.0 Å². The van der Waals surface area contributed by atoms with E-state index in [0.29, 0.717) is 25.1 Å². The van der Waals surface area contributed by atoms with Crippen LogP contribution in [0.1, 0.15) is 36.4 Å². The summed E-state index contributed by atoms with van der Waals surface area (Å²) in [5.41, 5.74) is 2.34. The first kappa shape index (κ1) is 15.3. The van der Waals surface area contributed by atoms with Crippen molar-refractivity contribution in [3.63, 3.8) is 0 Å². The number of nitrogens with zero attached hydrogens (tertiary/aromatic N) is 3. The van der Waals surface area contributed by atoms with E-state index < -0.39 is 12.2 Å². The largest absolute Gasteiger partial charge is 0.465 e. The van der Waals surface area contributed by atoms with Crippen LogP contribution in [0.2, 0.25) is 0 Å². The molecule has 1 aromatic heterocycles. The van der Waals surface area contributed by atoms with Gasteiger partial charge in [0.25, 0.3) is 0 Å². The fourth-order valence-corrected chi connectivity index (χ4v) is 2.78. The lowest BCUT2D eigenvalue weighted by Crippen LogP contribution is -2.41. The van der Waals surface area contributed by atoms with Crippen LogP contribution >= 0.6 is 0 Å². The van der Waals surface area contributed by atoms with E-state index in [9.17, 15) is 15.0 Å². The summed E-state index contributed by atoms with van der Waals surface area (Å²) in [5.74, 6) is 0. The van der Waals surface area contributed by atoms with Gasteiger partial charge in [-0.25, -0.2) is 4.79 Å². The number of hydrogen-bond donors (Lipinski definition) is 2. The van der Waals surface area contributed by atoms with Crippen LogP contribution in [-0.2, 0) is 19.5 Å². The molecule has 0 bridgehead atoms. The lowest BCUT2D eigenvalue weighted by atomic mass is 9.97. The van der Waals surface area contributed by atoms with Crippen molar-refractivity contribution in [1.82, 2.24) is 14.7 Å². The third-order valence-corrected chi connectivity index (χ3v) is 3.78. The predicted octanol–water partition coefficient (Wildman–Crippen LogP) is 2.10. The molecule has 6 nitrogen and oxygen atoms in total. The van der Waals surface area contributed by atoms with Gasteiger partial charge in [-0.15, -0.1) is 13.2 Å². The van der Waals surface area contributed by atoms with Crippen molar-refractivity contribution >= 4 is 6.09 Å². The highest BCUT2D eigenvalue weighted by molar-refractivity contribution is 5.66. The highest BCUT2D eigenvalue weighted by atomic mass is 16.4. The van der Waals surface area contributed by atoms with E-state index in [2.05, 4.69) is 18.3 Å². The predicted molar refractivity (Wildman–Crippen MR) is 78.9 cm³/mol. The molecule has 114 valence electrons. The van der Waals surface area contributed by atoms with Crippen LogP contribution in [0.5, 0.6) is 0 Å². The van der Waals surface area contributed by atoms with Crippen LogP contribution in [0.25, 0.3) is 0 Å². The molecule has 1 aliphatic heterocycles. The molecule has 1 aromatic rings. The average Bonchev–Trinajstić information content (AvgIpc) is 2.75. The van der Waals surface area contributed by atoms with E-state index in [0.717, 1.165) is 11.3 Å². The molecule has 0 radical (unpaired) electrons. The maximum Gasteiger partial charge on any atom is 0.407 e. The Morgan fingerprint density at radius 3 is 2.81 bits per heavy atom. The maximum absolute atomic E-state index is 11.3. The van der Waals surface area contributed by atoms with Crippen molar-refractivity contribution in [2.24, 2.45) is 0 Å². The van der Waals surface area contributed by atoms with Crippen molar-refractivity contribution in [1.29, 1.82) is 0 Å². The van der Waals surface area contributed by atoms with Crippen molar-refractivity contribution in [3.8, 4) is 0 Å². The molecule has 0 fully saturated rings. The zero-order valence-corrected chi connectivity index (χ0v) is 12.2. The van der Waals surface area contributed by atoms with Crippen molar-refractivity contribution in [2.75, 3.05) is 0 Å². The van der Waals surface area contributed by atoms with E-state index in [1.54, 1.807) is 16.8 Å². The van der Waals surface area contributed by atoms with Gasteiger partial charge in [0.15, 0.2) is 0 Å². The Morgan fingerprint density at radius 2 is 2.24 bits per heavy atom. The van der Waals surface area contributed by atoms with Crippen LogP contribution in [-0.4, -0.2) is 37.0 Å². The summed E-state index contributed by atoms with van der Waals surface area (Å²) in [6, 6.07) is -0.119. The Morgan fingerprint density at radius 1 is 1.52 bits per heavy atom. The molecule has 0 aromatic carbocycles. The number of allylic oxidation sites excluding steroid dienone is 1. The smallest absolute Gasteiger partial charge is 0.407 e. The summed E-state index contributed by atoms with van der Waals surface area (Å²) >= 11 is 0. The van der Waals surface area contributed by atoms with E-state index in [1.165, 1.54) is 4.90 Å². The van der Waals surface area contributed by atoms with E-state index in [-0.39, 0.29) is 12.6 Å². The van der Waals surface area contributed by atoms with Crippen molar-refractivity contribution in [3.05, 3.63) is 42.3 Å². The summed E-state index contributed by atoms with van der Waals surface area (Å²) in [6.07, 6.45) is 2.62. The molecule has 2 unspecified atom stereocenters. The van der Waals surface area contributed by atoms with E-state index in [4.69, 9.17) is 0 Å². The fourth-order valence-electron chi connectivity index (χ4n) is 2.78. The molecular formula is C15H21N3O3. The molecule has 2 rings (SSSR count). The number of aromatic nitrogens is 2. The second-order valence-electron chi connectivity index (χ2n) is 5.29. The van der Waals surface area contributed by atoms with Gasteiger partial charge in [0.1, 0.15) is 0 Å². The summed E-state index contributed by atoms with van der Waals surface area (Å²) in [7, 11) is 0. The second kappa shape index (κ2) is 6.13. The van der Waals surface area contributed by atoms with Gasteiger partial charge < -0.3 is 15.1 Å². The monoisotopic (exact) mass is 291 g/mol. The summed E-state index contributed by atoms with van der Waals surface area (Å²) < 4.78 is 1.71. The molecule has 0 saturated heterocycles. The zero-order valence-electron chi connectivity index (χ0n) is 12.2. The van der Waals surface area contributed by atoms with Crippen LogP contribution < -0.4 is 0 Å². The molecule has 1 amide bonds. The van der Waals surface area contributed by atoms with Gasteiger partial charge in [0.2, 0.25) is 0 Å². The van der Waals surface area contributed by atoms with Gasteiger partial charge >= 0.3 is 6.09 Å². The Bertz CT molecular complexity index is 565. The van der Waals surface area contributed by atoms with Gasteiger partial charge in [0.05, 0.1) is 30.6 Å². The standard InChI is InChI=1S/C15H21N3O3/c1-4-6-13(19)14-11-9-17(15(20)21)10(3)8-12(11)16-18(14)7-5-2/h4-5,10,13,19H,1-2,6-9H2,3H3,(H,20,21). The molecule has 1 aliphatic rings. The quantitative estimate of drug-likeness (QED) is 0.814. The molecule has 0 spiro atoms. The van der Waals surface area contributed by atoms with E-state index in [1.807, 2.05) is 6.92 Å². The van der Waals surface area contributed by atoms with Crippen molar-refractivity contribution < 1.29 is 15.0 Å². The van der Waals surface area contributed by atoms with Gasteiger partial charge in [-0.1, -0.05) is 12.2 Å². The van der Waals surface area contributed by atoms with Gasteiger partial charge in [-0.3, -0.25) is 4.68 Å². The molecular weight excluding hydrogens is 270 g/mol. The van der Waals surface area contributed by atoms with Crippen LogP contribution in [0.3, 0.4) is 0 Å². The number of hydrogen-bond acceptors (Lipinski definition) is 3. The maximum atomic E-state index is 11.3. The Hall–Kier alpha value is -2.08. The summed E-state index contributed by atoms with van der Waals surface area (Å²) in [6.45, 7) is 9.94. The number of fused-ring (bicyclic) bond motifs is 1. The molecule has 6 heteroatoms. The third-order valence-electron chi connectivity index (χ3n) is 3.78. The molecule has 2 atom stereocenters. The second-order valence-corrected chi connectivity index (χ2v) is 5.29. The molecule has 2 heterocycles. The number of aliphatic hydroxyl groups excluding tert-OH is 1. The molecule has 0 saturated carbocycles. The third kappa shape index (κ3) is 2.85. The first-order valence-corrected chi connectivity index (χ1v) is 6.97. The first-order chi connectivity index (χ1) is 9.99. The number of aliphatic hydroxyl groups is 1. The van der Waals surface area contributed by atoms with Gasteiger partial charge in [0, 0.05) is 18.0 Å². The molecule has 2 N–H and O–H groups in total. The van der Waals surface area contributed by atoms with Gasteiger partial charge in [-0.2, -0.15) is 5.10 Å². The minimum atomic E-state index is -0.950. The van der Waals surface area contributed by atoms with Crippen LogP contribution in [0.4, 0.5) is 4.79 Å². The minimum Gasteiger partial charge on any atom is -0.465 e. The Kier molecular flexibility index (Phi) is 4.47. The summed E-state index contributed by atoms with van der Waals surface area (Å²) in [5, 5.41) is 24.1. The normalized spacial score (nSPS) is 19.0. The van der Waals surface area contributed by atoms with Crippen LogP contribution in [0.15, 0.2) is 25.3 Å². The lowest BCUT2D eigenvalue weighted by Gasteiger charge is -2.31. The molecule has 0 aliphatic carbocycles. The zero-order chi connectivity index (χ0) is 15.6. The minimum absolute atomic E-state index is 0.119. The number of rotatable bonds is 5. The average molecular weight is 291 g/mol. The highest BCUT2D eigenvalue weighted by Gasteiger charge is 2.33. The van der Waals surface area contributed by atoms with E-state index >= 15 is 0 Å². The van der Waals surface area contributed by atoms with Gasteiger partial charge in [-0.05, 0) is 13.3 Å². The number of carboxylic acid groups (broad SMARTS) is 1. The number of amides is 1. The number of carbonyl (C=O) groups is 1. The fraction of sp³-hybridized carbons (Fsp3) is 0.467. The highest BCUT2D eigenvalue weighted by Crippen LogP contribution is 2.31. The van der Waals surface area contributed by atoms with Crippen LogP contribution in [0, 0.1) is 0 Å².